The number of esters is 1. The van der Waals surface area contributed by atoms with E-state index in [4.69, 9.17) is 11.6 Å². The second-order valence-electron chi connectivity index (χ2n) is 5.45. The van der Waals surface area contributed by atoms with Crippen LogP contribution in [0.25, 0.3) is 5.69 Å². The van der Waals surface area contributed by atoms with E-state index in [2.05, 4.69) is 15.2 Å². The van der Waals surface area contributed by atoms with Crippen molar-refractivity contribution in [3.05, 3.63) is 46.7 Å². The van der Waals surface area contributed by atoms with E-state index < -0.39 is 35.4 Å². The van der Waals surface area contributed by atoms with Crippen molar-refractivity contribution in [1.29, 1.82) is 0 Å². The number of halogens is 4. The number of nitrogens with zero attached hydrogens (tertiary/aromatic N) is 2. The second-order valence-corrected chi connectivity index (χ2v) is 5.88. The molecule has 1 aromatic carbocycles. The molecule has 1 atom stereocenters. The molecule has 0 saturated heterocycles. The normalized spacial score (nSPS) is 12.5. The SMILES string of the molecule is COC(=O)CC(C)NC(=O)c1cnn(-c2ccc(Cl)cc2)c1C(F)(F)F. The van der Waals surface area contributed by atoms with Crippen molar-refractivity contribution in [2.45, 2.75) is 25.6 Å². The molecule has 0 fully saturated rings. The van der Waals surface area contributed by atoms with Crippen LogP contribution in [0.15, 0.2) is 30.5 Å². The Morgan fingerprint density at radius 2 is 1.92 bits per heavy atom. The van der Waals surface area contributed by atoms with Crippen molar-refractivity contribution in [3.8, 4) is 5.69 Å². The first-order valence-electron chi connectivity index (χ1n) is 7.42. The Bertz CT molecular complexity index is 803. The third kappa shape index (κ3) is 4.54. The monoisotopic (exact) mass is 389 g/mol. The molecule has 1 unspecified atom stereocenters. The van der Waals surface area contributed by atoms with E-state index in [-0.39, 0.29) is 12.1 Å². The van der Waals surface area contributed by atoms with Gasteiger partial charge in [-0.15, -0.1) is 0 Å². The van der Waals surface area contributed by atoms with Crippen LogP contribution in [-0.2, 0) is 15.7 Å². The largest absolute Gasteiger partial charge is 0.469 e. The Hall–Kier alpha value is -2.55. The summed E-state index contributed by atoms with van der Waals surface area (Å²) in [5, 5.41) is 6.37. The number of rotatable bonds is 5. The van der Waals surface area contributed by atoms with Crippen LogP contribution in [0.4, 0.5) is 13.2 Å². The minimum atomic E-state index is -4.83. The summed E-state index contributed by atoms with van der Waals surface area (Å²) in [4.78, 5) is 23.5. The number of methoxy groups -OCH3 is 1. The molecule has 10 heteroatoms. The number of carbonyl (C=O) groups excluding carboxylic acids is 2. The average molecular weight is 390 g/mol. The molecule has 0 aliphatic rings. The number of carbonyl (C=O) groups is 2. The maximum Gasteiger partial charge on any atom is 0.434 e. The smallest absolute Gasteiger partial charge is 0.434 e. The highest BCUT2D eigenvalue weighted by Crippen LogP contribution is 2.33. The van der Waals surface area contributed by atoms with Crippen LogP contribution >= 0.6 is 11.6 Å². The molecule has 1 N–H and O–H groups in total. The minimum absolute atomic E-state index is 0.100. The van der Waals surface area contributed by atoms with E-state index in [1.165, 1.54) is 38.3 Å². The van der Waals surface area contributed by atoms with Crippen LogP contribution in [0.1, 0.15) is 29.4 Å². The molecule has 0 aliphatic carbocycles. The van der Waals surface area contributed by atoms with Crippen molar-refractivity contribution in [3.63, 3.8) is 0 Å². The van der Waals surface area contributed by atoms with Crippen LogP contribution < -0.4 is 5.32 Å². The molecular formula is C16H15ClF3N3O3. The highest BCUT2D eigenvalue weighted by atomic mass is 35.5. The highest BCUT2D eigenvalue weighted by molar-refractivity contribution is 6.30. The zero-order valence-electron chi connectivity index (χ0n) is 13.8. The molecule has 0 radical (unpaired) electrons. The van der Waals surface area contributed by atoms with Gasteiger partial charge in [0, 0.05) is 11.1 Å². The number of alkyl halides is 3. The molecular weight excluding hydrogens is 375 g/mol. The summed E-state index contributed by atoms with van der Waals surface area (Å²) in [6, 6.07) is 4.82. The molecule has 140 valence electrons. The van der Waals surface area contributed by atoms with Crippen LogP contribution in [-0.4, -0.2) is 34.8 Å². The molecule has 2 aromatic rings. The van der Waals surface area contributed by atoms with E-state index in [1.54, 1.807) is 0 Å². The fourth-order valence-corrected chi connectivity index (χ4v) is 2.38. The maximum absolute atomic E-state index is 13.5. The van der Waals surface area contributed by atoms with Crippen molar-refractivity contribution >= 4 is 23.5 Å². The topological polar surface area (TPSA) is 73.2 Å². The predicted octanol–water partition coefficient (Wildman–Crippen LogP) is 3.23. The third-order valence-electron chi connectivity index (χ3n) is 3.43. The number of hydrogen-bond donors (Lipinski definition) is 1. The van der Waals surface area contributed by atoms with Gasteiger partial charge >= 0.3 is 12.1 Å². The van der Waals surface area contributed by atoms with E-state index in [0.29, 0.717) is 9.70 Å². The van der Waals surface area contributed by atoms with Gasteiger partial charge in [-0.25, -0.2) is 4.68 Å². The fourth-order valence-electron chi connectivity index (χ4n) is 2.25. The van der Waals surface area contributed by atoms with Crippen LogP contribution in [0, 0.1) is 0 Å². The van der Waals surface area contributed by atoms with Gasteiger partial charge in [0.2, 0.25) is 0 Å². The van der Waals surface area contributed by atoms with E-state index in [9.17, 15) is 22.8 Å². The number of nitrogens with one attached hydrogen (secondary N) is 1. The van der Waals surface area contributed by atoms with Gasteiger partial charge in [-0.2, -0.15) is 18.3 Å². The Labute approximate surface area is 151 Å². The summed E-state index contributed by atoms with van der Waals surface area (Å²) in [5.41, 5.74) is -1.77. The predicted molar refractivity (Wildman–Crippen MR) is 87.1 cm³/mol. The van der Waals surface area contributed by atoms with Crippen molar-refractivity contribution in [2.75, 3.05) is 7.11 Å². The van der Waals surface area contributed by atoms with E-state index in [0.717, 1.165) is 6.20 Å². The first-order chi connectivity index (χ1) is 12.1. The summed E-state index contributed by atoms with van der Waals surface area (Å²) in [6.45, 7) is 1.48. The van der Waals surface area contributed by atoms with Gasteiger partial charge < -0.3 is 10.1 Å². The molecule has 1 heterocycles. The lowest BCUT2D eigenvalue weighted by atomic mass is 10.2. The third-order valence-corrected chi connectivity index (χ3v) is 3.68. The standard InChI is InChI=1S/C16H15ClF3N3O3/c1-9(7-13(24)26-2)22-15(25)12-8-21-23(14(12)16(18,19)20)11-5-3-10(17)4-6-11/h3-6,8-9H,7H2,1-2H3,(H,22,25). The Kier molecular flexibility index (Phi) is 5.91. The van der Waals surface area contributed by atoms with Gasteiger partial charge in [0.05, 0.1) is 31.0 Å². The first-order valence-corrected chi connectivity index (χ1v) is 7.80. The Balaban J connectivity index is 2.36. The molecule has 0 bridgehead atoms. The lowest BCUT2D eigenvalue weighted by molar-refractivity contribution is -0.143. The van der Waals surface area contributed by atoms with Gasteiger partial charge in [-0.05, 0) is 31.2 Å². The number of ether oxygens (including phenoxy) is 1. The van der Waals surface area contributed by atoms with Gasteiger partial charge in [-0.3, -0.25) is 9.59 Å². The second kappa shape index (κ2) is 7.77. The molecule has 26 heavy (non-hydrogen) atoms. The maximum atomic E-state index is 13.5. The zero-order chi connectivity index (χ0) is 19.5. The summed E-state index contributed by atoms with van der Waals surface area (Å²) in [5.74, 6) is -1.58. The minimum Gasteiger partial charge on any atom is -0.469 e. The van der Waals surface area contributed by atoms with Gasteiger partial charge in [-0.1, -0.05) is 11.6 Å². The first kappa shape index (κ1) is 19.8. The Morgan fingerprint density at radius 3 is 2.46 bits per heavy atom. The fraction of sp³-hybridized carbons (Fsp3) is 0.312. The summed E-state index contributed by atoms with van der Waals surface area (Å²) in [6.07, 6.45) is -4.17. The quantitative estimate of drug-likeness (QED) is 0.797. The lowest BCUT2D eigenvalue weighted by Crippen LogP contribution is -2.35. The van der Waals surface area contributed by atoms with E-state index in [1.807, 2.05) is 0 Å². The summed E-state index contributed by atoms with van der Waals surface area (Å²) in [7, 11) is 1.18. The summed E-state index contributed by atoms with van der Waals surface area (Å²) < 4.78 is 45.7. The molecule has 0 spiro atoms. The molecule has 2 rings (SSSR count). The van der Waals surface area contributed by atoms with Crippen LogP contribution in [0.2, 0.25) is 5.02 Å². The van der Waals surface area contributed by atoms with Gasteiger partial charge in [0.1, 0.15) is 0 Å². The van der Waals surface area contributed by atoms with E-state index >= 15 is 0 Å². The average Bonchev–Trinajstić information content (AvgIpc) is 3.00. The molecule has 1 aromatic heterocycles. The molecule has 0 aliphatic heterocycles. The van der Waals surface area contributed by atoms with Gasteiger partial charge in [0.15, 0.2) is 5.69 Å². The lowest BCUT2D eigenvalue weighted by Gasteiger charge is -2.15. The molecule has 0 saturated carbocycles. The number of benzene rings is 1. The summed E-state index contributed by atoms with van der Waals surface area (Å²) >= 11 is 5.74. The Morgan fingerprint density at radius 1 is 1.31 bits per heavy atom. The highest BCUT2D eigenvalue weighted by Gasteiger charge is 2.40. The number of amides is 1. The van der Waals surface area contributed by atoms with Crippen molar-refractivity contribution in [1.82, 2.24) is 15.1 Å². The van der Waals surface area contributed by atoms with Crippen LogP contribution in [0.5, 0.6) is 0 Å². The number of aromatic nitrogens is 2. The zero-order valence-corrected chi connectivity index (χ0v) is 14.6. The van der Waals surface area contributed by atoms with Gasteiger partial charge in [0.25, 0.3) is 5.91 Å². The van der Waals surface area contributed by atoms with Crippen molar-refractivity contribution < 1.29 is 27.5 Å². The van der Waals surface area contributed by atoms with Crippen molar-refractivity contribution in [2.24, 2.45) is 0 Å². The molecule has 1 amide bonds. The molecule has 6 nitrogen and oxygen atoms in total. The number of hydrogen-bond acceptors (Lipinski definition) is 4. The van der Waals surface area contributed by atoms with Crippen LogP contribution in [0.3, 0.4) is 0 Å².